The second kappa shape index (κ2) is 7.19. The average Bonchev–Trinajstić information content (AvgIpc) is 2.30. The first-order chi connectivity index (χ1) is 8.22. The van der Waals surface area contributed by atoms with Crippen molar-refractivity contribution in [2.45, 2.75) is 19.4 Å². The lowest BCUT2D eigenvalue weighted by atomic mass is 10.3. The van der Waals surface area contributed by atoms with Crippen molar-refractivity contribution in [2.24, 2.45) is 0 Å². The van der Waals surface area contributed by atoms with Gasteiger partial charge in [0.2, 0.25) is 0 Å². The molecule has 0 amide bonds. The number of carbonyl (C=O) groups excluding carboxylic acids is 1. The van der Waals surface area contributed by atoms with Gasteiger partial charge in [0.15, 0.2) is 0 Å². The molecule has 0 spiro atoms. The molecule has 0 radical (unpaired) electrons. The summed E-state index contributed by atoms with van der Waals surface area (Å²) >= 11 is 0. The monoisotopic (exact) mass is 234 g/mol. The quantitative estimate of drug-likeness (QED) is 0.325. The van der Waals surface area contributed by atoms with E-state index in [9.17, 15) is 4.79 Å². The van der Waals surface area contributed by atoms with E-state index in [0.717, 1.165) is 5.75 Å². The van der Waals surface area contributed by atoms with Gasteiger partial charge in [-0.3, -0.25) is 0 Å². The highest BCUT2D eigenvalue weighted by Crippen LogP contribution is 2.12. The molecule has 0 aliphatic rings. The van der Waals surface area contributed by atoms with Gasteiger partial charge < -0.3 is 15.0 Å². The molecule has 1 aromatic carbocycles. The third-order valence-corrected chi connectivity index (χ3v) is 2.01. The van der Waals surface area contributed by atoms with Crippen molar-refractivity contribution >= 4 is 12.2 Å². The second-order valence-corrected chi connectivity index (χ2v) is 3.44. The van der Waals surface area contributed by atoms with Crippen LogP contribution >= 0.6 is 0 Å². The molecule has 0 unspecified atom stereocenters. The number of hydrogen-bond acceptors (Lipinski definition) is 3. The largest absolute Gasteiger partial charge is 0.491 e. The summed E-state index contributed by atoms with van der Waals surface area (Å²) in [6.07, 6.45) is 1.22. The Hall–Kier alpha value is -2.13. The average molecular weight is 234 g/mol. The Morgan fingerprint density at radius 1 is 1.47 bits per heavy atom. The standard InChI is InChI=1S/C12H14N2O3/c1-10(7-8-16-12(15)9-14-13)17-11-5-3-2-4-6-11/h2-6,9-10H,7-8H2,1H3/t10-/m0/s1. The lowest BCUT2D eigenvalue weighted by molar-refractivity contribution is -0.139. The first kappa shape index (κ1) is 12.9. The highest BCUT2D eigenvalue weighted by molar-refractivity contribution is 6.20. The van der Waals surface area contributed by atoms with E-state index in [2.05, 4.69) is 4.79 Å². The minimum atomic E-state index is -0.667. The van der Waals surface area contributed by atoms with Crippen LogP contribution in [-0.4, -0.2) is 29.7 Å². The number of rotatable bonds is 6. The zero-order chi connectivity index (χ0) is 12.5. The molecule has 1 rings (SSSR count). The summed E-state index contributed by atoms with van der Waals surface area (Å²) in [4.78, 5) is 13.4. The smallest absolute Gasteiger partial charge is 0.413 e. The molecule has 0 bridgehead atoms. The normalized spacial score (nSPS) is 11.1. The summed E-state index contributed by atoms with van der Waals surface area (Å²) in [7, 11) is 0. The molecule has 0 fully saturated rings. The molecule has 0 heterocycles. The van der Waals surface area contributed by atoms with Crippen LogP contribution in [0.3, 0.4) is 0 Å². The van der Waals surface area contributed by atoms with Crippen LogP contribution < -0.4 is 4.74 Å². The molecule has 0 aliphatic heterocycles. The lowest BCUT2D eigenvalue weighted by Crippen LogP contribution is -2.17. The molecule has 5 nitrogen and oxygen atoms in total. The highest BCUT2D eigenvalue weighted by Gasteiger charge is 2.07. The number of benzene rings is 1. The summed E-state index contributed by atoms with van der Waals surface area (Å²) in [6.45, 7) is 2.11. The van der Waals surface area contributed by atoms with Crippen LogP contribution in [0.1, 0.15) is 13.3 Å². The van der Waals surface area contributed by atoms with Crippen molar-refractivity contribution < 1.29 is 19.1 Å². The van der Waals surface area contributed by atoms with Gasteiger partial charge in [-0.1, -0.05) is 18.2 Å². The molecule has 0 saturated heterocycles. The van der Waals surface area contributed by atoms with Crippen LogP contribution in [0.2, 0.25) is 0 Å². The van der Waals surface area contributed by atoms with Gasteiger partial charge in [-0.25, -0.2) is 4.79 Å². The number of hydrogen-bond donors (Lipinski definition) is 0. The van der Waals surface area contributed by atoms with Crippen molar-refractivity contribution in [1.29, 1.82) is 0 Å². The molecule has 0 N–H and O–H groups in total. The fourth-order valence-corrected chi connectivity index (χ4v) is 1.20. The van der Waals surface area contributed by atoms with Crippen LogP contribution in [0, 0.1) is 0 Å². The molecule has 0 aliphatic carbocycles. The molecule has 17 heavy (non-hydrogen) atoms. The van der Waals surface area contributed by atoms with Gasteiger partial charge in [-0.05, 0) is 19.1 Å². The van der Waals surface area contributed by atoms with Crippen molar-refractivity contribution in [2.75, 3.05) is 6.61 Å². The van der Waals surface area contributed by atoms with Gasteiger partial charge in [0.25, 0.3) is 0 Å². The topological polar surface area (TPSA) is 71.9 Å². The van der Waals surface area contributed by atoms with Crippen LogP contribution in [-0.2, 0) is 9.53 Å². The third-order valence-electron chi connectivity index (χ3n) is 2.01. The maximum atomic E-state index is 10.8. The number of ether oxygens (including phenoxy) is 2. The number of nitrogens with zero attached hydrogens (tertiary/aromatic N) is 2. The summed E-state index contributed by atoms with van der Waals surface area (Å²) < 4.78 is 10.3. The van der Waals surface area contributed by atoms with Crippen LogP contribution in [0.15, 0.2) is 30.3 Å². The Morgan fingerprint density at radius 2 is 2.18 bits per heavy atom. The third kappa shape index (κ3) is 5.49. The first-order valence-corrected chi connectivity index (χ1v) is 5.28. The van der Waals surface area contributed by atoms with Crippen LogP contribution in [0.5, 0.6) is 5.75 Å². The minimum absolute atomic E-state index is 0.0590. The lowest BCUT2D eigenvalue weighted by Gasteiger charge is -2.13. The predicted octanol–water partition coefficient (Wildman–Crippen LogP) is 1.69. The molecule has 1 atom stereocenters. The summed E-state index contributed by atoms with van der Waals surface area (Å²) in [5.41, 5.74) is 8.08. The number of para-hydroxylation sites is 1. The molecule has 1 aromatic rings. The van der Waals surface area contributed by atoms with Crippen molar-refractivity contribution in [3.05, 3.63) is 35.9 Å². The zero-order valence-corrected chi connectivity index (χ0v) is 9.57. The maximum absolute atomic E-state index is 10.8. The molecule has 90 valence electrons. The minimum Gasteiger partial charge on any atom is -0.491 e. The molecule has 0 aromatic heterocycles. The van der Waals surface area contributed by atoms with Crippen molar-refractivity contribution in [1.82, 2.24) is 0 Å². The van der Waals surface area contributed by atoms with Crippen LogP contribution in [0.25, 0.3) is 5.53 Å². The van der Waals surface area contributed by atoms with Crippen molar-refractivity contribution in [3.63, 3.8) is 0 Å². The van der Waals surface area contributed by atoms with Gasteiger partial charge in [0.1, 0.15) is 5.75 Å². The summed E-state index contributed by atoms with van der Waals surface area (Å²) in [5, 5.41) is 0. The Balaban J connectivity index is 2.24. The van der Waals surface area contributed by atoms with E-state index in [-0.39, 0.29) is 12.7 Å². The molecule has 0 saturated carbocycles. The van der Waals surface area contributed by atoms with E-state index in [0.29, 0.717) is 12.6 Å². The fraction of sp³-hybridized carbons (Fsp3) is 0.333. The summed E-state index contributed by atoms with van der Waals surface area (Å²) in [6, 6.07) is 9.41. The zero-order valence-electron chi connectivity index (χ0n) is 9.57. The SMILES string of the molecule is C[C@@H](CCOC(=O)C=[N+]=[N-])Oc1ccccc1. The maximum Gasteiger partial charge on any atom is 0.413 e. The Kier molecular flexibility index (Phi) is 5.47. The van der Waals surface area contributed by atoms with Gasteiger partial charge in [-0.15, -0.1) is 0 Å². The van der Waals surface area contributed by atoms with Crippen LogP contribution in [0.4, 0.5) is 0 Å². The summed E-state index contributed by atoms with van der Waals surface area (Å²) in [5.74, 6) is 0.114. The molecular formula is C12H14N2O3. The van der Waals surface area contributed by atoms with E-state index in [1.165, 1.54) is 0 Å². The number of esters is 1. The van der Waals surface area contributed by atoms with Gasteiger partial charge in [-0.2, -0.15) is 4.79 Å². The molecular weight excluding hydrogens is 220 g/mol. The van der Waals surface area contributed by atoms with E-state index >= 15 is 0 Å². The number of carbonyl (C=O) groups is 1. The highest BCUT2D eigenvalue weighted by atomic mass is 16.5. The van der Waals surface area contributed by atoms with Crippen molar-refractivity contribution in [3.8, 4) is 5.75 Å². The van der Waals surface area contributed by atoms with E-state index < -0.39 is 5.97 Å². The van der Waals surface area contributed by atoms with E-state index in [1.54, 1.807) is 0 Å². The van der Waals surface area contributed by atoms with Gasteiger partial charge in [0, 0.05) is 6.42 Å². The Labute approximate surface area is 99.6 Å². The Morgan fingerprint density at radius 3 is 2.82 bits per heavy atom. The predicted molar refractivity (Wildman–Crippen MR) is 61.8 cm³/mol. The first-order valence-electron chi connectivity index (χ1n) is 5.28. The van der Waals surface area contributed by atoms with Gasteiger partial charge >= 0.3 is 12.2 Å². The Bertz CT molecular complexity index is 399. The van der Waals surface area contributed by atoms with Gasteiger partial charge in [0.05, 0.1) is 12.7 Å². The molecule has 5 heteroatoms. The fourth-order valence-electron chi connectivity index (χ4n) is 1.20. The second-order valence-electron chi connectivity index (χ2n) is 3.44. The van der Waals surface area contributed by atoms with E-state index in [4.69, 9.17) is 15.0 Å². The van der Waals surface area contributed by atoms with E-state index in [1.807, 2.05) is 37.3 Å².